The maximum atomic E-state index is 11.4. The van der Waals surface area contributed by atoms with Gasteiger partial charge in [0, 0.05) is 31.1 Å². The summed E-state index contributed by atoms with van der Waals surface area (Å²) in [5.41, 5.74) is 0.937. The van der Waals surface area contributed by atoms with Gasteiger partial charge < -0.3 is 24.9 Å². The van der Waals surface area contributed by atoms with Crippen LogP contribution in [0.15, 0.2) is 30.3 Å². The van der Waals surface area contributed by atoms with Crippen LogP contribution in [0.3, 0.4) is 0 Å². The average Bonchev–Trinajstić information content (AvgIpc) is 2.77. The van der Waals surface area contributed by atoms with Crippen LogP contribution in [0.5, 0.6) is 5.75 Å². The molecule has 30 heavy (non-hydrogen) atoms. The highest BCUT2D eigenvalue weighted by Gasteiger charge is 2.29. The van der Waals surface area contributed by atoms with Crippen LogP contribution in [-0.4, -0.2) is 73.2 Å². The Labute approximate surface area is 176 Å². The number of piperidine rings is 1. The number of carboxylic acid groups (broad SMARTS) is 1. The van der Waals surface area contributed by atoms with Crippen molar-refractivity contribution in [2.45, 2.75) is 25.8 Å². The Morgan fingerprint density at radius 1 is 1.37 bits per heavy atom. The number of amides is 1. The smallest absolute Gasteiger partial charge is 0.407 e. The molecule has 1 aliphatic rings. The predicted octanol–water partition coefficient (Wildman–Crippen LogP) is 2.62. The van der Waals surface area contributed by atoms with E-state index < -0.39 is 6.09 Å². The molecule has 8 heteroatoms. The van der Waals surface area contributed by atoms with Gasteiger partial charge in [0.15, 0.2) is 0 Å². The van der Waals surface area contributed by atoms with Gasteiger partial charge in [-0.3, -0.25) is 4.90 Å². The lowest BCUT2D eigenvalue weighted by Crippen LogP contribution is -2.50. The van der Waals surface area contributed by atoms with Gasteiger partial charge in [-0.15, -0.1) is 0 Å². The lowest BCUT2D eigenvalue weighted by molar-refractivity contribution is -0.108. The van der Waals surface area contributed by atoms with Crippen molar-refractivity contribution in [1.82, 2.24) is 15.2 Å². The first-order chi connectivity index (χ1) is 14.5. The standard InChI is InChI=1S/C22H30N4O4/c1-3-23-20(15-26(12-13-27)22(28)29)16-8-10-25(11-9-16)21-7-4-17-14-18(30-2)5-6-19(17)24-21/h4-7,13-14,16,20,23H,3,8-12,15H2,1-2H3,(H,28,29). The molecule has 1 atom stereocenters. The molecule has 2 aromatic rings. The van der Waals surface area contributed by atoms with E-state index in [1.165, 1.54) is 4.90 Å². The Hall–Kier alpha value is -2.87. The number of pyridine rings is 1. The second-order valence-electron chi connectivity index (χ2n) is 7.57. The molecule has 162 valence electrons. The number of nitrogens with one attached hydrogen (secondary N) is 1. The van der Waals surface area contributed by atoms with Gasteiger partial charge in [-0.05, 0) is 55.6 Å². The summed E-state index contributed by atoms with van der Waals surface area (Å²) in [6, 6.07) is 10.0. The van der Waals surface area contributed by atoms with Crippen molar-refractivity contribution in [2.75, 3.05) is 44.7 Å². The van der Waals surface area contributed by atoms with Crippen molar-refractivity contribution in [3.63, 3.8) is 0 Å². The van der Waals surface area contributed by atoms with E-state index in [0.717, 1.165) is 54.9 Å². The Balaban J connectivity index is 1.65. The first-order valence-electron chi connectivity index (χ1n) is 10.4. The Morgan fingerprint density at radius 3 is 2.77 bits per heavy atom. The van der Waals surface area contributed by atoms with Crippen molar-refractivity contribution in [2.24, 2.45) is 5.92 Å². The molecule has 8 nitrogen and oxygen atoms in total. The summed E-state index contributed by atoms with van der Waals surface area (Å²) in [5.74, 6) is 2.12. The van der Waals surface area contributed by atoms with Crippen molar-refractivity contribution in [3.05, 3.63) is 30.3 Å². The summed E-state index contributed by atoms with van der Waals surface area (Å²) >= 11 is 0. The molecule has 0 aliphatic carbocycles. The highest BCUT2D eigenvalue weighted by atomic mass is 16.5. The highest BCUT2D eigenvalue weighted by molar-refractivity contribution is 5.81. The van der Waals surface area contributed by atoms with E-state index in [1.807, 2.05) is 31.2 Å². The summed E-state index contributed by atoms with van der Waals surface area (Å²) < 4.78 is 5.28. The number of anilines is 1. The fraction of sp³-hybridized carbons (Fsp3) is 0.500. The number of hydrogen-bond donors (Lipinski definition) is 2. The first kappa shape index (κ1) is 21.8. The van der Waals surface area contributed by atoms with Crippen molar-refractivity contribution in [3.8, 4) is 5.75 Å². The molecule has 0 saturated carbocycles. The number of rotatable bonds is 9. The number of methoxy groups -OCH3 is 1. The third-order valence-electron chi connectivity index (χ3n) is 5.76. The van der Waals surface area contributed by atoms with Gasteiger partial charge in [-0.25, -0.2) is 9.78 Å². The molecule has 2 heterocycles. The number of aromatic nitrogens is 1. The first-order valence-corrected chi connectivity index (χ1v) is 10.4. The van der Waals surface area contributed by atoms with Crippen LogP contribution in [0.25, 0.3) is 10.9 Å². The zero-order valence-electron chi connectivity index (χ0n) is 17.6. The third-order valence-corrected chi connectivity index (χ3v) is 5.76. The Morgan fingerprint density at radius 2 is 2.13 bits per heavy atom. The number of nitrogens with zero attached hydrogens (tertiary/aromatic N) is 3. The molecule has 0 radical (unpaired) electrons. The number of aldehydes is 1. The summed E-state index contributed by atoms with van der Waals surface area (Å²) in [4.78, 5) is 30.5. The molecule has 1 aliphatic heterocycles. The van der Waals surface area contributed by atoms with E-state index >= 15 is 0 Å². The molecule has 3 rings (SSSR count). The van der Waals surface area contributed by atoms with Crippen LogP contribution in [0.2, 0.25) is 0 Å². The fourth-order valence-electron chi connectivity index (χ4n) is 4.13. The van der Waals surface area contributed by atoms with Gasteiger partial charge in [0.1, 0.15) is 17.9 Å². The molecular weight excluding hydrogens is 384 g/mol. The summed E-state index contributed by atoms with van der Waals surface area (Å²) in [6.07, 6.45) is 1.46. The van der Waals surface area contributed by atoms with Crippen LogP contribution in [0.1, 0.15) is 19.8 Å². The molecule has 1 aromatic carbocycles. The van der Waals surface area contributed by atoms with Gasteiger partial charge >= 0.3 is 6.09 Å². The Bertz CT molecular complexity index is 867. The number of carbonyl (C=O) groups excluding carboxylic acids is 1. The number of likely N-dealkylation sites (N-methyl/N-ethyl adjacent to an activating group) is 1. The van der Waals surface area contributed by atoms with E-state index in [2.05, 4.69) is 16.3 Å². The SMILES string of the molecule is CCNC(CN(CC=O)C(=O)O)C1CCN(c2ccc3cc(OC)ccc3n2)CC1. The molecule has 0 spiro atoms. The molecule has 1 amide bonds. The van der Waals surface area contributed by atoms with Crippen LogP contribution in [0, 0.1) is 5.92 Å². The number of hydrogen-bond acceptors (Lipinski definition) is 6. The quantitative estimate of drug-likeness (QED) is 0.609. The average molecular weight is 415 g/mol. The van der Waals surface area contributed by atoms with Gasteiger partial charge in [0.25, 0.3) is 0 Å². The number of ether oxygens (including phenoxy) is 1. The molecule has 1 fully saturated rings. The molecule has 1 aromatic heterocycles. The van der Waals surface area contributed by atoms with E-state index in [1.54, 1.807) is 7.11 Å². The summed E-state index contributed by atoms with van der Waals surface area (Å²) in [6.45, 7) is 4.73. The summed E-state index contributed by atoms with van der Waals surface area (Å²) in [5, 5.41) is 13.8. The highest BCUT2D eigenvalue weighted by Crippen LogP contribution is 2.27. The van der Waals surface area contributed by atoms with E-state index in [4.69, 9.17) is 9.72 Å². The van der Waals surface area contributed by atoms with E-state index in [0.29, 0.717) is 18.7 Å². The van der Waals surface area contributed by atoms with Crippen molar-refractivity contribution >= 4 is 29.1 Å². The van der Waals surface area contributed by atoms with Crippen LogP contribution in [0.4, 0.5) is 10.6 Å². The van der Waals surface area contributed by atoms with E-state index in [9.17, 15) is 14.7 Å². The van der Waals surface area contributed by atoms with Crippen molar-refractivity contribution in [1.29, 1.82) is 0 Å². The normalized spacial score (nSPS) is 15.7. The second-order valence-corrected chi connectivity index (χ2v) is 7.57. The molecule has 1 saturated heterocycles. The largest absolute Gasteiger partial charge is 0.497 e. The third kappa shape index (κ3) is 5.18. The number of fused-ring (bicyclic) bond motifs is 1. The van der Waals surface area contributed by atoms with Crippen LogP contribution in [-0.2, 0) is 4.79 Å². The molecule has 0 bridgehead atoms. The fourth-order valence-corrected chi connectivity index (χ4v) is 4.13. The zero-order valence-corrected chi connectivity index (χ0v) is 17.6. The van der Waals surface area contributed by atoms with Gasteiger partial charge in [0.05, 0.1) is 19.2 Å². The van der Waals surface area contributed by atoms with Gasteiger partial charge in [-0.1, -0.05) is 6.92 Å². The van der Waals surface area contributed by atoms with Crippen LogP contribution >= 0.6 is 0 Å². The topological polar surface area (TPSA) is 95.0 Å². The van der Waals surface area contributed by atoms with Gasteiger partial charge in [0.2, 0.25) is 0 Å². The second kappa shape index (κ2) is 10.2. The molecule has 2 N–H and O–H groups in total. The number of carbonyl (C=O) groups is 2. The lowest BCUT2D eigenvalue weighted by atomic mass is 9.88. The maximum absolute atomic E-state index is 11.4. The zero-order chi connectivity index (χ0) is 21.5. The number of benzene rings is 1. The summed E-state index contributed by atoms with van der Waals surface area (Å²) in [7, 11) is 1.66. The van der Waals surface area contributed by atoms with E-state index in [-0.39, 0.29) is 12.6 Å². The maximum Gasteiger partial charge on any atom is 0.407 e. The predicted molar refractivity (Wildman–Crippen MR) is 116 cm³/mol. The Kier molecular flexibility index (Phi) is 7.46. The van der Waals surface area contributed by atoms with Crippen LogP contribution < -0.4 is 15.0 Å². The minimum absolute atomic E-state index is 0.0326. The lowest BCUT2D eigenvalue weighted by Gasteiger charge is -2.38. The minimum atomic E-state index is -1.06. The minimum Gasteiger partial charge on any atom is -0.497 e. The molecular formula is C22H30N4O4. The molecule has 1 unspecified atom stereocenters. The monoisotopic (exact) mass is 414 g/mol. The van der Waals surface area contributed by atoms with Gasteiger partial charge in [-0.2, -0.15) is 0 Å². The van der Waals surface area contributed by atoms with Crippen molar-refractivity contribution < 1.29 is 19.4 Å².